The minimum atomic E-state index is 0.301. The van der Waals surface area contributed by atoms with E-state index < -0.39 is 0 Å². The lowest BCUT2D eigenvalue weighted by Gasteiger charge is -2.09. The number of hydrogen-bond donors (Lipinski definition) is 3. The SMILES string of the molecule is CNc1cc(NCCCCCCO)nc(C2CC2)n1. The van der Waals surface area contributed by atoms with Crippen LogP contribution in [0.3, 0.4) is 0 Å². The predicted octanol–water partition coefficient (Wildman–Crippen LogP) is 2.36. The molecule has 5 nitrogen and oxygen atoms in total. The largest absolute Gasteiger partial charge is 0.396 e. The highest BCUT2D eigenvalue weighted by Crippen LogP contribution is 2.38. The van der Waals surface area contributed by atoms with E-state index in [-0.39, 0.29) is 0 Å². The first-order chi connectivity index (χ1) is 9.33. The average molecular weight is 264 g/mol. The molecule has 5 heteroatoms. The van der Waals surface area contributed by atoms with Gasteiger partial charge in [-0.3, -0.25) is 0 Å². The number of unbranched alkanes of at least 4 members (excludes halogenated alkanes) is 3. The van der Waals surface area contributed by atoms with Gasteiger partial charge in [-0.15, -0.1) is 0 Å². The molecule has 0 saturated heterocycles. The maximum Gasteiger partial charge on any atom is 0.136 e. The maximum absolute atomic E-state index is 8.71. The van der Waals surface area contributed by atoms with Crippen LogP contribution in [-0.2, 0) is 0 Å². The van der Waals surface area contributed by atoms with Gasteiger partial charge in [-0.25, -0.2) is 9.97 Å². The molecule has 0 amide bonds. The molecule has 1 aromatic rings. The van der Waals surface area contributed by atoms with Gasteiger partial charge in [0.2, 0.25) is 0 Å². The Morgan fingerprint density at radius 2 is 1.89 bits per heavy atom. The van der Waals surface area contributed by atoms with Gasteiger partial charge in [0, 0.05) is 32.2 Å². The fourth-order valence-corrected chi connectivity index (χ4v) is 2.02. The molecule has 1 aliphatic carbocycles. The predicted molar refractivity (Wildman–Crippen MR) is 77.6 cm³/mol. The second kappa shape index (κ2) is 7.28. The van der Waals surface area contributed by atoms with E-state index in [0.717, 1.165) is 49.7 Å². The number of hydrogen-bond acceptors (Lipinski definition) is 5. The van der Waals surface area contributed by atoms with Crippen molar-refractivity contribution in [1.82, 2.24) is 9.97 Å². The zero-order chi connectivity index (χ0) is 13.5. The van der Waals surface area contributed by atoms with E-state index in [4.69, 9.17) is 5.11 Å². The molecule has 3 N–H and O–H groups in total. The van der Waals surface area contributed by atoms with Gasteiger partial charge < -0.3 is 15.7 Å². The van der Waals surface area contributed by atoms with Gasteiger partial charge in [0.1, 0.15) is 17.5 Å². The van der Waals surface area contributed by atoms with Crippen LogP contribution in [-0.4, -0.2) is 35.3 Å². The summed E-state index contributed by atoms with van der Waals surface area (Å²) in [6.07, 6.45) is 6.69. The number of rotatable bonds is 9. The van der Waals surface area contributed by atoms with Gasteiger partial charge in [-0.2, -0.15) is 0 Å². The van der Waals surface area contributed by atoms with Crippen LogP contribution in [0.25, 0.3) is 0 Å². The van der Waals surface area contributed by atoms with E-state index in [0.29, 0.717) is 12.5 Å². The second-order valence-electron chi connectivity index (χ2n) is 5.09. The van der Waals surface area contributed by atoms with Crippen LogP contribution in [0.4, 0.5) is 11.6 Å². The molecule has 1 saturated carbocycles. The summed E-state index contributed by atoms with van der Waals surface area (Å²) in [6.45, 7) is 1.23. The summed E-state index contributed by atoms with van der Waals surface area (Å²) in [5, 5.41) is 15.2. The highest BCUT2D eigenvalue weighted by atomic mass is 16.2. The molecule has 1 heterocycles. The average Bonchev–Trinajstić information content (AvgIpc) is 3.27. The van der Waals surface area contributed by atoms with Crippen LogP contribution in [0.5, 0.6) is 0 Å². The molecule has 19 heavy (non-hydrogen) atoms. The van der Waals surface area contributed by atoms with E-state index >= 15 is 0 Å². The van der Waals surface area contributed by atoms with Crippen LogP contribution < -0.4 is 10.6 Å². The Balaban J connectivity index is 1.80. The maximum atomic E-state index is 8.71. The van der Waals surface area contributed by atoms with Crippen LogP contribution in [0.2, 0.25) is 0 Å². The molecule has 1 aromatic heterocycles. The van der Waals surface area contributed by atoms with Crippen LogP contribution in [0, 0.1) is 0 Å². The summed E-state index contributed by atoms with van der Waals surface area (Å²) in [5.41, 5.74) is 0. The lowest BCUT2D eigenvalue weighted by Crippen LogP contribution is -2.07. The van der Waals surface area contributed by atoms with Crippen LogP contribution in [0.1, 0.15) is 50.3 Å². The molecule has 0 spiro atoms. The highest BCUT2D eigenvalue weighted by Gasteiger charge is 2.27. The molecule has 1 fully saturated rings. The first-order valence-corrected chi connectivity index (χ1v) is 7.25. The van der Waals surface area contributed by atoms with Crippen LogP contribution >= 0.6 is 0 Å². The minimum absolute atomic E-state index is 0.301. The fourth-order valence-electron chi connectivity index (χ4n) is 2.02. The first kappa shape index (κ1) is 14.1. The molecule has 1 aliphatic rings. The van der Waals surface area contributed by atoms with Crippen molar-refractivity contribution in [3.05, 3.63) is 11.9 Å². The third-order valence-electron chi connectivity index (χ3n) is 3.33. The van der Waals surface area contributed by atoms with Crippen molar-refractivity contribution in [1.29, 1.82) is 0 Å². The van der Waals surface area contributed by atoms with Crippen molar-refractivity contribution in [2.24, 2.45) is 0 Å². The number of anilines is 2. The third-order valence-corrected chi connectivity index (χ3v) is 3.33. The zero-order valence-electron chi connectivity index (χ0n) is 11.7. The highest BCUT2D eigenvalue weighted by molar-refractivity contribution is 5.47. The molecule has 0 radical (unpaired) electrons. The molecule has 0 aliphatic heterocycles. The molecule has 0 aromatic carbocycles. The molecular formula is C14H24N4O. The van der Waals surface area contributed by atoms with Crippen molar-refractivity contribution in [2.45, 2.75) is 44.4 Å². The van der Waals surface area contributed by atoms with Gasteiger partial charge in [-0.1, -0.05) is 12.8 Å². The third kappa shape index (κ3) is 4.67. The number of aliphatic hydroxyl groups excluding tert-OH is 1. The molecular weight excluding hydrogens is 240 g/mol. The Morgan fingerprint density at radius 3 is 2.58 bits per heavy atom. The Bertz CT molecular complexity index is 393. The first-order valence-electron chi connectivity index (χ1n) is 7.25. The molecule has 106 valence electrons. The number of aliphatic hydroxyl groups is 1. The molecule has 0 unspecified atom stereocenters. The van der Waals surface area contributed by atoms with Gasteiger partial charge in [0.15, 0.2) is 0 Å². The molecule has 0 bridgehead atoms. The molecule has 2 rings (SSSR count). The summed E-state index contributed by atoms with van der Waals surface area (Å²) in [6, 6.07) is 1.96. The number of aromatic nitrogens is 2. The van der Waals surface area contributed by atoms with Gasteiger partial charge in [-0.05, 0) is 25.7 Å². The normalized spacial score (nSPS) is 14.4. The Kier molecular flexibility index (Phi) is 5.39. The monoisotopic (exact) mass is 264 g/mol. The standard InChI is InChI=1S/C14H24N4O/c1-15-12-10-13(16-8-4-2-3-5-9-19)18-14(17-12)11-6-7-11/h10-11,19H,2-9H2,1H3,(H2,15,16,17,18). The summed E-state index contributed by atoms with van der Waals surface area (Å²) in [5.74, 6) is 3.34. The summed E-state index contributed by atoms with van der Waals surface area (Å²) in [7, 11) is 1.89. The van der Waals surface area contributed by atoms with E-state index in [2.05, 4.69) is 20.6 Å². The van der Waals surface area contributed by atoms with Gasteiger partial charge in [0.25, 0.3) is 0 Å². The van der Waals surface area contributed by atoms with Crippen molar-refractivity contribution >= 4 is 11.6 Å². The number of nitrogens with one attached hydrogen (secondary N) is 2. The number of nitrogens with zero attached hydrogens (tertiary/aromatic N) is 2. The zero-order valence-corrected chi connectivity index (χ0v) is 11.7. The Hall–Kier alpha value is -1.36. The van der Waals surface area contributed by atoms with Crippen molar-refractivity contribution in [2.75, 3.05) is 30.8 Å². The van der Waals surface area contributed by atoms with E-state index in [1.807, 2.05) is 13.1 Å². The topological polar surface area (TPSA) is 70.1 Å². The minimum Gasteiger partial charge on any atom is -0.396 e. The Labute approximate surface area is 114 Å². The van der Waals surface area contributed by atoms with E-state index in [9.17, 15) is 0 Å². The smallest absolute Gasteiger partial charge is 0.136 e. The lowest BCUT2D eigenvalue weighted by molar-refractivity contribution is 0.283. The van der Waals surface area contributed by atoms with Crippen molar-refractivity contribution < 1.29 is 5.11 Å². The van der Waals surface area contributed by atoms with Crippen molar-refractivity contribution in [3.63, 3.8) is 0 Å². The Morgan fingerprint density at radius 1 is 1.16 bits per heavy atom. The fraction of sp³-hybridized carbons (Fsp3) is 0.714. The van der Waals surface area contributed by atoms with Gasteiger partial charge >= 0.3 is 0 Å². The van der Waals surface area contributed by atoms with E-state index in [1.54, 1.807) is 0 Å². The molecule has 0 atom stereocenters. The quantitative estimate of drug-likeness (QED) is 0.597. The second-order valence-corrected chi connectivity index (χ2v) is 5.09. The summed E-state index contributed by atoms with van der Waals surface area (Å²) < 4.78 is 0. The summed E-state index contributed by atoms with van der Waals surface area (Å²) >= 11 is 0. The van der Waals surface area contributed by atoms with Crippen LogP contribution in [0.15, 0.2) is 6.07 Å². The lowest BCUT2D eigenvalue weighted by atomic mass is 10.2. The van der Waals surface area contributed by atoms with Gasteiger partial charge in [0.05, 0.1) is 0 Å². The summed E-state index contributed by atoms with van der Waals surface area (Å²) in [4.78, 5) is 9.07. The van der Waals surface area contributed by atoms with E-state index in [1.165, 1.54) is 12.8 Å². The van der Waals surface area contributed by atoms with Crippen molar-refractivity contribution in [3.8, 4) is 0 Å².